The highest BCUT2D eigenvalue weighted by molar-refractivity contribution is 7.89. The van der Waals surface area contributed by atoms with Gasteiger partial charge in [-0.25, -0.2) is 13.1 Å². The summed E-state index contributed by atoms with van der Waals surface area (Å²) < 4.78 is 32.7. The summed E-state index contributed by atoms with van der Waals surface area (Å²) >= 11 is 1.27. The average molecular weight is 305 g/mol. The molecule has 1 aliphatic heterocycles. The number of aliphatic hydroxyl groups is 1. The second kappa shape index (κ2) is 5.88. The fourth-order valence-corrected chi connectivity index (χ4v) is 5.04. The van der Waals surface area contributed by atoms with E-state index in [2.05, 4.69) is 4.72 Å². The Hall–Kier alpha value is -0.470. The van der Waals surface area contributed by atoms with Gasteiger partial charge in [0, 0.05) is 19.1 Å². The third-order valence-electron chi connectivity index (χ3n) is 3.47. The summed E-state index contributed by atoms with van der Waals surface area (Å²) in [6.45, 7) is 4.51. The topological polar surface area (TPSA) is 75.6 Å². The highest BCUT2D eigenvalue weighted by Crippen LogP contribution is 2.27. The van der Waals surface area contributed by atoms with Crippen molar-refractivity contribution in [1.29, 1.82) is 0 Å². The van der Waals surface area contributed by atoms with E-state index in [0.29, 0.717) is 23.6 Å². The van der Waals surface area contributed by atoms with Crippen LogP contribution in [-0.4, -0.2) is 32.8 Å². The molecule has 1 aromatic heterocycles. The number of nitrogens with one attached hydrogen (secondary N) is 1. The van der Waals surface area contributed by atoms with Gasteiger partial charge in [-0.05, 0) is 31.2 Å². The van der Waals surface area contributed by atoms with Gasteiger partial charge in [-0.1, -0.05) is 0 Å². The van der Waals surface area contributed by atoms with Gasteiger partial charge in [0.15, 0.2) is 0 Å². The molecule has 0 aromatic carbocycles. The van der Waals surface area contributed by atoms with E-state index in [1.54, 1.807) is 12.3 Å². The number of aliphatic hydroxyl groups excluding tert-OH is 1. The fraction of sp³-hybridized carbons (Fsp3) is 0.667. The third kappa shape index (κ3) is 3.17. The van der Waals surface area contributed by atoms with Crippen LogP contribution in [0.3, 0.4) is 0 Å². The van der Waals surface area contributed by atoms with Gasteiger partial charge >= 0.3 is 0 Å². The van der Waals surface area contributed by atoms with Crippen LogP contribution in [0.4, 0.5) is 0 Å². The normalized spacial score (nSPS) is 23.9. The first-order chi connectivity index (χ1) is 8.95. The van der Waals surface area contributed by atoms with E-state index in [1.165, 1.54) is 11.3 Å². The van der Waals surface area contributed by atoms with Crippen LogP contribution in [0.1, 0.15) is 23.8 Å². The van der Waals surface area contributed by atoms with E-state index in [9.17, 15) is 13.5 Å². The molecule has 0 saturated carbocycles. The number of rotatable bonds is 5. The van der Waals surface area contributed by atoms with Crippen molar-refractivity contribution in [2.24, 2.45) is 5.92 Å². The Balaban J connectivity index is 2.12. The van der Waals surface area contributed by atoms with Crippen LogP contribution in [0.15, 0.2) is 10.3 Å². The molecule has 0 radical (unpaired) electrons. The minimum atomic E-state index is -3.56. The molecule has 2 heterocycles. The number of hydrogen-bond donors (Lipinski definition) is 2. The number of sulfonamides is 1. The molecule has 1 aliphatic rings. The van der Waals surface area contributed by atoms with Crippen molar-refractivity contribution < 1.29 is 18.3 Å². The summed E-state index contributed by atoms with van der Waals surface area (Å²) in [5.41, 5.74) is 0.678. The third-order valence-corrected chi connectivity index (χ3v) is 6.34. The zero-order valence-corrected chi connectivity index (χ0v) is 12.7. The maximum Gasteiger partial charge on any atom is 0.242 e. The van der Waals surface area contributed by atoms with Gasteiger partial charge in [0.1, 0.15) is 4.90 Å². The lowest BCUT2D eigenvalue weighted by molar-refractivity contribution is 0.107. The van der Waals surface area contributed by atoms with E-state index in [1.807, 2.05) is 6.92 Å². The second-order valence-electron chi connectivity index (χ2n) is 4.81. The van der Waals surface area contributed by atoms with E-state index in [0.717, 1.165) is 6.42 Å². The van der Waals surface area contributed by atoms with Crippen LogP contribution < -0.4 is 4.72 Å². The summed E-state index contributed by atoms with van der Waals surface area (Å²) in [7, 11) is -3.56. The number of thiophene rings is 1. The maximum atomic E-state index is 12.3. The van der Waals surface area contributed by atoms with Crippen LogP contribution in [0, 0.1) is 12.8 Å². The second-order valence-corrected chi connectivity index (χ2v) is 7.47. The van der Waals surface area contributed by atoms with Crippen molar-refractivity contribution in [2.45, 2.75) is 37.9 Å². The Labute approximate surface area is 117 Å². The molecule has 0 aliphatic carbocycles. The minimum Gasteiger partial charge on any atom is -0.391 e. The summed E-state index contributed by atoms with van der Waals surface area (Å²) in [5, 5.41) is 11.0. The van der Waals surface area contributed by atoms with Crippen molar-refractivity contribution in [2.75, 3.05) is 13.2 Å². The Kier molecular flexibility index (Phi) is 4.62. The van der Waals surface area contributed by atoms with E-state index in [-0.39, 0.29) is 23.5 Å². The highest BCUT2D eigenvalue weighted by atomic mass is 32.2. The summed E-state index contributed by atoms with van der Waals surface area (Å²) in [6.07, 6.45) is 0.961. The zero-order chi connectivity index (χ0) is 14.0. The number of ether oxygens (including phenoxy) is 1. The van der Waals surface area contributed by atoms with Gasteiger partial charge in [-0.3, -0.25) is 0 Å². The Bertz CT molecular complexity index is 538. The van der Waals surface area contributed by atoms with Crippen molar-refractivity contribution >= 4 is 21.4 Å². The molecular formula is C12H19NO4S2. The van der Waals surface area contributed by atoms with Crippen molar-refractivity contribution in [1.82, 2.24) is 4.72 Å². The van der Waals surface area contributed by atoms with Crippen molar-refractivity contribution in [3.05, 3.63) is 15.8 Å². The lowest BCUT2D eigenvalue weighted by Gasteiger charge is -2.15. The molecule has 2 unspecified atom stereocenters. The van der Waals surface area contributed by atoms with E-state index < -0.39 is 10.0 Å². The summed E-state index contributed by atoms with van der Waals surface area (Å²) in [6, 6.07) is 0. The minimum absolute atomic E-state index is 0.0867. The Morgan fingerprint density at radius 2 is 2.32 bits per heavy atom. The largest absolute Gasteiger partial charge is 0.391 e. The van der Waals surface area contributed by atoms with E-state index >= 15 is 0 Å². The molecule has 108 valence electrons. The fourth-order valence-electron chi connectivity index (χ4n) is 2.29. The van der Waals surface area contributed by atoms with Crippen LogP contribution in [0.2, 0.25) is 0 Å². The van der Waals surface area contributed by atoms with Gasteiger partial charge in [-0.2, -0.15) is 0 Å². The van der Waals surface area contributed by atoms with Gasteiger partial charge in [0.2, 0.25) is 10.0 Å². The van der Waals surface area contributed by atoms with Gasteiger partial charge < -0.3 is 9.84 Å². The molecule has 19 heavy (non-hydrogen) atoms. The smallest absolute Gasteiger partial charge is 0.242 e. The van der Waals surface area contributed by atoms with E-state index in [4.69, 9.17) is 4.74 Å². The first kappa shape index (κ1) is 14.9. The van der Waals surface area contributed by atoms with Gasteiger partial charge in [0.25, 0.3) is 0 Å². The SMILES string of the molecule is Cc1csc(CO)c1S(=O)(=O)NCC1CCOC1C. The molecule has 2 rings (SSSR count). The molecule has 0 spiro atoms. The van der Waals surface area contributed by atoms with Crippen molar-refractivity contribution in [3.8, 4) is 0 Å². The lowest BCUT2D eigenvalue weighted by Crippen LogP contribution is -2.32. The standard InChI is InChI=1S/C12H19NO4S2/c1-8-7-18-11(6-14)12(8)19(15,16)13-5-10-3-4-17-9(10)2/h7,9-10,13-14H,3-6H2,1-2H3. The zero-order valence-electron chi connectivity index (χ0n) is 11.0. The van der Waals surface area contributed by atoms with Gasteiger partial charge in [0.05, 0.1) is 17.6 Å². The number of aryl methyl sites for hydroxylation is 1. The predicted molar refractivity (Wildman–Crippen MR) is 73.7 cm³/mol. The van der Waals surface area contributed by atoms with Crippen molar-refractivity contribution in [3.63, 3.8) is 0 Å². The van der Waals surface area contributed by atoms with Gasteiger partial charge in [-0.15, -0.1) is 11.3 Å². The van der Waals surface area contributed by atoms with Crippen LogP contribution >= 0.6 is 11.3 Å². The summed E-state index contributed by atoms with van der Waals surface area (Å²) in [5.74, 6) is 0.214. The molecule has 0 bridgehead atoms. The quantitative estimate of drug-likeness (QED) is 0.858. The molecule has 2 N–H and O–H groups in total. The average Bonchev–Trinajstić information content (AvgIpc) is 2.93. The molecule has 1 aromatic rings. The lowest BCUT2D eigenvalue weighted by atomic mass is 10.0. The number of hydrogen-bond acceptors (Lipinski definition) is 5. The maximum absolute atomic E-state index is 12.3. The van der Waals surface area contributed by atoms with Crippen LogP contribution in [0.25, 0.3) is 0 Å². The highest BCUT2D eigenvalue weighted by Gasteiger charge is 2.28. The Morgan fingerprint density at radius 1 is 1.58 bits per heavy atom. The van der Waals surface area contributed by atoms with Crippen LogP contribution in [-0.2, 0) is 21.4 Å². The predicted octanol–water partition coefficient (Wildman–Crippen LogP) is 1.25. The van der Waals surface area contributed by atoms with Crippen LogP contribution in [0.5, 0.6) is 0 Å². The Morgan fingerprint density at radius 3 is 2.89 bits per heavy atom. The molecule has 0 amide bonds. The molecule has 1 fully saturated rings. The molecule has 2 atom stereocenters. The summed E-state index contributed by atoms with van der Waals surface area (Å²) in [4.78, 5) is 0.715. The first-order valence-electron chi connectivity index (χ1n) is 6.24. The molecular weight excluding hydrogens is 286 g/mol. The molecule has 1 saturated heterocycles. The molecule has 7 heteroatoms. The molecule has 5 nitrogen and oxygen atoms in total. The monoisotopic (exact) mass is 305 g/mol. The first-order valence-corrected chi connectivity index (χ1v) is 8.61.